The lowest BCUT2D eigenvalue weighted by molar-refractivity contribution is -0.253. The van der Waals surface area contributed by atoms with Gasteiger partial charge < -0.3 is 15.7 Å². The molecule has 21 heavy (non-hydrogen) atoms. The Kier molecular flexibility index (Phi) is 3.66. The van der Waals surface area contributed by atoms with E-state index >= 15 is 0 Å². The largest absolute Gasteiger partial charge is 0.419 e. The molecule has 1 heterocycles. The van der Waals surface area contributed by atoms with Crippen LogP contribution in [0.3, 0.4) is 0 Å². The van der Waals surface area contributed by atoms with E-state index in [0.29, 0.717) is 0 Å². The number of nitrogens with zero attached hydrogens (tertiary/aromatic N) is 1. The highest BCUT2D eigenvalue weighted by atomic mass is 19.4. The van der Waals surface area contributed by atoms with Gasteiger partial charge >= 0.3 is 6.18 Å². The van der Waals surface area contributed by atoms with E-state index in [-0.39, 0.29) is 17.7 Å². The zero-order valence-electron chi connectivity index (χ0n) is 10.9. The second kappa shape index (κ2) is 5.03. The van der Waals surface area contributed by atoms with E-state index in [0.717, 1.165) is 4.90 Å². The SMILES string of the molecule is NC(=O)c1ccc(C(=O)N2CCC(O)(C(F)(F)F)C2)cc1. The summed E-state index contributed by atoms with van der Waals surface area (Å²) >= 11 is 0. The van der Waals surface area contributed by atoms with Crippen molar-refractivity contribution in [2.24, 2.45) is 5.73 Å². The van der Waals surface area contributed by atoms with E-state index in [1.165, 1.54) is 24.3 Å². The van der Waals surface area contributed by atoms with E-state index in [4.69, 9.17) is 5.73 Å². The number of carbonyl (C=O) groups is 2. The number of primary amides is 1. The van der Waals surface area contributed by atoms with Crippen LogP contribution in [0.25, 0.3) is 0 Å². The van der Waals surface area contributed by atoms with Crippen molar-refractivity contribution in [1.29, 1.82) is 0 Å². The van der Waals surface area contributed by atoms with E-state index < -0.39 is 36.6 Å². The average molecular weight is 302 g/mol. The summed E-state index contributed by atoms with van der Waals surface area (Å²) in [6.45, 7) is -0.987. The van der Waals surface area contributed by atoms with Crippen molar-refractivity contribution in [3.63, 3.8) is 0 Å². The third kappa shape index (κ3) is 2.85. The summed E-state index contributed by atoms with van der Waals surface area (Å²) in [5.41, 5.74) is 2.51. The van der Waals surface area contributed by atoms with Crippen molar-refractivity contribution < 1.29 is 27.9 Å². The van der Waals surface area contributed by atoms with Gasteiger partial charge in [-0.2, -0.15) is 13.2 Å². The number of rotatable bonds is 2. The summed E-state index contributed by atoms with van der Waals surface area (Å²) in [6, 6.07) is 5.27. The van der Waals surface area contributed by atoms with Crippen LogP contribution in [0.15, 0.2) is 24.3 Å². The topological polar surface area (TPSA) is 83.6 Å². The maximum atomic E-state index is 12.7. The van der Waals surface area contributed by atoms with Crippen LogP contribution in [0.4, 0.5) is 13.2 Å². The molecular formula is C13H13F3N2O3. The molecule has 1 aliphatic rings. The maximum Gasteiger partial charge on any atom is 0.419 e. The third-order valence-electron chi connectivity index (χ3n) is 3.48. The number of amides is 2. The van der Waals surface area contributed by atoms with Crippen LogP contribution < -0.4 is 5.73 Å². The van der Waals surface area contributed by atoms with Gasteiger partial charge in [0, 0.05) is 24.1 Å². The van der Waals surface area contributed by atoms with Crippen LogP contribution in [0.1, 0.15) is 27.1 Å². The molecule has 1 aromatic rings. The van der Waals surface area contributed by atoms with Gasteiger partial charge in [-0.15, -0.1) is 0 Å². The minimum Gasteiger partial charge on any atom is -0.379 e. The first kappa shape index (κ1) is 15.3. The fraction of sp³-hybridized carbons (Fsp3) is 0.385. The average Bonchev–Trinajstić information content (AvgIpc) is 2.81. The van der Waals surface area contributed by atoms with Gasteiger partial charge in [-0.1, -0.05) is 0 Å². The summed E-state index contributed by atoms with van der Waals surface area (Å²) in [5.74, 6) is -1.30. The summed E-state index contributed by atoms with van der Waals surface area (Å²) in [7, 11) is 0. The molecule has 1 aliphatic heterocycles. The molecule has 0 aromatic heterocycles. The molecule has 0 bridgehead atoms. The fourth-order valence-corrected chi connectivity index (χ4v) is 2.16. The standard InChI is InChI=1S/C13H13F3N2O3/c14-13(15,16)12(21)5-6-18(7-12)11(20)9-3-1-8(2-4-9)10(17)19/h1-4,21H,5-7H2,(H2,17,19). The first-order valence-corrected chi connectivity index (χ1v) is 6.12. The van der Waals surface area contributed by atoms with Crippen molar-refractivity contribution in [2.45, 2.75) is 18.2 Å². The van der Waals surface area contributed by atoms with Crippen LogP contribution in [-0.2, 0) is 0 Å². The molecular weight excluding hydrogens is 289 g/mol. The molecule has 1 saturated heterocycles. The lowest BCUT2D eigenvalue weighted by Gasteiger charge is -2.25. The van der Waals surface area contributed by atoms with E-state index in [2.05, 4.69) is 0 Å². The molecule has 8 heteroatoms. The molecule has 1 fully saturated rings. The summed E-state index contributed by atoms with van der Waals surface area (Å²) in [4.78, 5) is 23.9. The summed E-state index contributed by atoms with van der Waals surface area (Å²) in [6.07, 6.45) is -5.33. The Morgan fingerprint density at radius 1 is 1.19 bits per heavy atom. The number of alkyl halides is 3. The normalized spacial score (nSPS) is 22.4. The molecule has 114 valence electrons. The van der Waals surface area contributed by atoms with Crippen molar-refractivity contribution in [1.82, 2.24) is 4.90 Å². The van der Waals surface area contributed by atoms with Gasteiger partial charge in [-0.25, -0.2) is 0 Å². The summed E-state index contributed by atoms with van der Waals surface area (Å²) < 4.78 is 38.1. The van der Waals surface area contributed by atoms with E-state index in [1.54, 1.807) is 0 Å². The minimum absolute atomic E-state index is 0.131. The third-order valence-corrected chi connectivity index (χ3v) is 3.48. The number of hydrogen-bond acceptors (Lipinski definition) is 3. The number of carbonyl (C=O) groups excluding carboxylic acids is 2. The van der Waals surface area contributed by atoms with Crippen LogP contribution in [0.2, 0.25) is 0 Å². The van der Waals surface area contributed by atoms with Gasteiger partial charge in [-0.05, 0) is 24.3 Å². The monoisotopic (exact) mass is 302 g/mol. The summed E-state index contributed by atoms with van der Waals surface area (Å²) in [5, 5.41) is 9.53. The highest BCUT2D eigenvalue weighted by Gasteiger charge is 2.57. The van der Waals surface area contributed by atoms with Crippen LogP contribution in [0, 0.1) is 0 Å². The quantitative estimate of drug-likeness (QED) is 0.852. The number of hydrogen-bond donors (Lipinski definition) is 2. The lowest BCUT2D eigenvalue weighted by atomic mass is 10.0. The first-order chi connectivity index (χ1) is 9.64. The molecule has 0 aliphatic carbocycles. The molecule has 0 saturated carbocycles. The highest BCUT2D eigenvalue weighted by molar-refractivity contribution is 5.97. The predicted octanol–water partition coefficient (Wildman–Crippen LogP) is 0.925. The number of benzene rings is 1. The minimum atomic E-state index is -4.78. The van der Waals surface area contributed by atoms with Gasteiger partial charge in [0.15, 0.2) is 5.60 Å². The van der Waals surface area contributed by atoms with Gasteiger partial charge in [0.25, 0.3) is 5.91 Å². The second-order valence-corrected chi connectivity index (χ2v) is 4.95. The van der Waals surface area contributed by atoms with Crippen LogP contribution in [0.5, 0.6) is 0 Å². The molecule has 0 radical (unpaired) electrons. The van der Waals surface area contributed by atoms with Crippen molar-refractivity contribution in [2.75, 3.05) is 13.1 Å². The highest BCUT2D eigenvalue weighted by Crippen LogP contribution is 2.37. The van der Waals surface area contributed by atoms with E-state index in [1.807, 2.05) is 0 Å². The van der Waals surface area contributed by atoms with Gasteiger partial charge in [0.2, 0.25) is 5.91 Å². The molecule has 0 spiro atoms. The van der Waals surface area contributed by atoms with E-state index in [9.17, 15) is 27.9 Å². The van der Waals surface area contributed by atoms with Crippen molar-refractivity contribution >= 4 is 11.8 Å². The maximum absolute atomic E-state index is 12.7. The molecule has 3 N–H and O–H groups in total. The molecule has 2 amide bonds. The van der Waals surface area contributed by atoms with Crippen molar-refractivity contribution in [3.05, 3.63) is 35.4 Å². The second-order valence-electron chi connectivity index (χ2n) is 4.95. The Hall–Kier alpha value is -2.09. The van der Waals surface area contributed by atoms with Crippen LogP contribution in [-0.4, -0.2) is 46.7 Å². The molecule has 2 rings (SSSR count). The zero-order chi connectivity index (χ0) is 15.8. The number of aliphatic hydroxyl groups is 1. The van der Waals surface area contributed by atoms with Gasteiger partial charge in [0.1, 0.15) is 0 Å². The number of β-amino-alcohol motifs (C(OH)–C–C–N with tert-alkyl or cyclic N) is 1. The Bertz CT molecular complexity index is 571. The fourth-order valence-electron chi connectivity index (χ4n) is 2.16. The Morgan fingerprint density at radius 2 is 1.71 bits per heavy atom. The zero-order valence-corrected chi connectivity index (χ0v) is 10.9. The smallest absolute Gasteiger partial charge is 0.379 e. The first-order valence-electron chi connectivity index (χ1n) is 6.12. The number of nitrogens with two attached hydrogens (primary N) is 1. The Balaban J connectivity index is 2.13. The molecule has 1 atom stereocenters. The van der Waals surface area contributed by atoms with Crippen LogP contribution >= 0.6 is 0 Å². The van der Waals surface area contributed by atoms with Crippen molar-refractivity contribution in [3.8, 4) is 0 Å². The van der Waals surface area contributed by atoms with Gasteiger partial charge in [0.05, 0.1) is 6.54 Å². The number of likely N-dealkylation sites (tertiary alicyclic amines) is 1. The predicted molar refractivity (Wildman–Crippen MR) is 66.5 cm³/mol. The van der Waals surface area contributed by atoms with Gasteiger partial charge in [-0.3, -0.25) is 9.59 Å². The number of halogens is 3. The molecule has 5 nitrogen and oxygen atoms in total. The Labute approximate surface area is 118 Å². The Morgan fingerprint density at radius 3 is 2.14 bits per heavy atom. The molecule has 1 aromatic carbocycles. The lowest BCUT2D eigenvalue weighted by Crippen LogP contribution is -2.48. The molecule has 1 unspecified atom stereocenters.